The zero-order chi connectivity index (χ0) is 14.5. The Bertz CT molecular complexity index is 590. The number of aliphatic carboxylic acids is 1. The molecule has 1 atom stereocenters. The number of amides is 1. The van der Waals surface area contributed by atoms with Crippen LogP contribution in [0.2, 0.25) is 0 Å². The average Bonchev–Trinajstić information content (AvgIpc) is 2.92. The molecule has 0 saturated carbocycles. The van der Waals surface area contributed by atoms with Crippen LogP contribution >= 0.6 is 0 Å². The fourth-order valence-electron chi connectivity index (χ4n) is 1.85. The highest BCUT2D eigenvalue weighted by Gasteiger charge is 2.18. The quantitative estimate of drug-likeness (QED) is 0.861. The lowest BCUT2D eigenvalue weighted by Gasteiger charge is -2.13. The van der Waals surface area contributed by atoms with Gasteiger partial charge in [-0.2, -0.15) is 0 Å². The Labute approximate surface area is 115 Å². The Kier molecular flexibility index (Phi) is 4.14. The summed E-state index contributed by atoms with van der Waals surface area (Å²) in [7, 11) is 0. The first kappa shape index (κ1) is 13.8. The number of hydrogen-bond acceptors (Lipinski definition) is 4. The second-order valence-electron chi connectivity index (χ2n) is 4.37. The van der Waals surface area contributed by atoms with Gasteiger partial charge in [0.05, 0.1) is 6.20 Å². The summed E-state index contributed by atoms with van der Waals surface area (Å²) in [5.41, 5.74) is 1.67. The topological polar surface area (TPSA) is 92.4 Å². The molecule has 2 rings (SSSR count). The SMILES string of the molecule is CC(=O)NC(Cc1ccc(-c2ccno2)cc1)C(=O)O. The van der Waals surface area contributed by atoms with Gasteiger partial charge in [-0.05, 0) is 5.56 Å². The van der Waals surface area contributed by atoms with Crippen LogP contribution in [0.3, 0.4) is 0 Å². The molecule has 20 heavy (non-hydrogen) atoms. The van der Waals surface area contributed by atoms with Gasteiger partial charge < -0.3 is 14.9 Å². The number of carboxylic acids is 1. The summed E-state index contributed by atoms with van der Waals surface area (Å²) < 4.78 is 5.03. The van der Waals surface area contributed by atoms with Crippen molar-refractivity contribution in [2.24, 2.45) is 0 Å². The van der Waals surface area contributed by atoms with Crippen molar-refractivity contribution in [3.8, 4) is 11.3 Å². The molecule has 0 spiro atoms. The maximum atomic E-state index is 11.1. The number of nitrogens with one attached hydrogen (secondary N) is 1. The van der Waals surface area contributed by atoms with Gasteiger partial charge >= 0.3 is 5.97 Å². The van der Waals surface area contributed by atoms with Crippen LogP contribution in [0.25, 0.3) is 11.3 Å². The number of aromatic nitrogens is 1. The Hall–Kier alpha value is -2.63. The van der Waals surface area contributed by atoms with Crippen LogP contribution in [0.15, 0.2) is 41.1 Å². The third-order valence-electron chi connectivity index (χ3n) is 2.79. The minimum Gasteiger partial charge on any atom is -0.480 e. The molecule has 0 fully saturated rings. The largest absolute Gasteiger partial charge is 0.480 e. The molecule has 0 aliphatic heterocycles. The standard InChI is InChI=1S/C14H14N2O4/c1-9(17)16-12(14(18)19)8-10-2-4-11(5-3-10)13-6-7-15-20-13/h2-7,12H,8H2,1H3,(H,16,17)(H,18,19). The lowest BCUT2D eigenvalue weighted by atomic mass is 10.0. The molecule has 6 heteroatoms. The fourth-order valence-corrected chi connectivity index (χ4v) is 1.85. The summed E-state index contributed by atoms with van der Waals surface area (Å²) in [6.07, 6.45) is 1.78. The predicted octanol–water partition coefficient (Wildman–Crippen LogP) is 1.47. The number of carbonyl (C=O) groups is 2. The highest BCUT2D eigenvalue weighted by atomic mass is 16.5. The minimum atomic E-state index is -1.06. The molecule has 2 N–H and O–H groups in total. The third kappa shape index (κ3) is 3.44. The Morgan fingerprint density at radius 1 is 1.30 bits per heavy atom. The van der Waals surface area contributed by atoms with E-state index in [1.165, 1.54) is 6.92 Å². The number of rotatable bonds is 5. The van der Waals surface area contributed by atoms with Crippen molar-refractivity contribution in [1.29, 1.82) is 0 Å². The van der Waals surface area contributed by atoms with E-state index in [1.54, 1.807) is 24.4 Å². The van der Waals surface area contributed by atoms with E-state index in [9.17, 15) is 9.59 Å². The molecule has 1 heterocycles. The first-order valence-electron chi connectivity index (χ1n) is 6.06. The molecule has 2 aromatic rings. The molecular formula is C14H14N2O4. The molecule has 0 bridgehead atoms. The monoisotopic (exact) mass is 274 g/mol. The number of nitrogens with zero attached hydrogens (tertiary/aromatic N) is 1. The lowest BCUT2D eigenvalue weighted by molar-refractivity contribution is -0.141. The van der Waals surface area contributed by atoms with Crippen molar-refractivity contribution in [2.75, 3.05) is 0 Å². The molecule has 0 aliphatic carbocycles. The maximum absolute atomic E-state index is 11.1. The van der Waals surface area contributed by atoms with Gasteiger partial charge in [0, 0.05) is 25.0 Å². The van der Waals surface area contributed by atoms with Crippen LogP contribution in [0, 0.1) is 0 Å². The van der Waals surface area contributed by atoms with E-state index >= 15 is 0 Å². The Balaban J connectivity index is 2.09. The lowest BCUT2D eigenvalue weighted by Crippen LogP contribution is -2.41. The van der Waals surface area contributed by atoms with Gasteiger partial charge in [-0.25, -0.2) is 4.79 Å². The summed E-state index contributed by atoms with van der Waals surface area (Å²) in [6.45, 7) is 1.29. The number of hydrogen-bond donors (Lipinski definition) is 2. The molecule has 0 radical (unpaired) electrons. The zero-order valence-corrected chi connectivity index (χ0v) is 10.9. The third-order valence-corrected chi connectivity index (χ3v) is 2.79. The number of carbonyl (C=O) groups excluding carboxylic acids is 1. The van der Waals surface area contributed by atoms with Crippen LogP contribution in [0.5, 0.6) is 0 Å². The summed E-state index contributed by atoms with van der Waals surface area (Å²) in [5.74, 6) is -0.775. The number of benzene rings is 1. The smallest absolute Gasteiger partial charge is 0.326 e. The first-order valence-corrected chi connectivity index (χ1v) is 6.06. The zero-order valence-electron chi connectivity index (χ0n) is 10.9. The van der Waals surface area contributed by atoms with Gasteiger partial charge in [0.2, 0.25) is 5.91 Å². The number of carboxylic acid groups (broad SMARTS) is 1. The van der Waals surface area contributed by atoms with E-state index in [0.29, 0.717) is 5.76 Å². The van der Waals surface area contributed by atoms with Crippen molar-refractivity contribution >= 4 is 11.9 Å². The fraction of sp³-hybridized carbons (Fsp3) is 0.214. The van der Waals surface area contributed by atoms with Gasteiger partial charge in [0.1, 0.15) is 6.04 Å². The Morgan fingerprint density at radius 3 is 2.50 bits per heavy atom. The second kappa shape index (κ2) is 6.01. The average molecular weight is 274 g/mol. The summed E-state index contributed by atoms with van der Waals surface area (Å²) in [5, 5.41) is 15.1. The molecule has 1 aromatic carbocycles. The highest BCUT2D eigenvalue weighted by Crippen LogP contribution is 2.19. The predicted molar refractivity (Wildman–Crippen MR) is 70.9 cm³/mol. The summed E-state index contributed by atoms with van der Waals surface area (Å²) in [4.78, 5) is 22.0. The molecule has 104 valence electrons. The molecule has 0 saturated heterocycles. The van der Waals surface area contributed by atoms with Gasteiger partial charge in [-0.1, -0.05) is 29.4 Å². The van der Waals surface area contributed by atoms with Crippen LogP contribution in [-0.4, -0.2) is 28.2 Å². The molecule has 1 unspecified atom stereocenters. The Morgan fingerprint density at radius 2 is 2.00 bits per heavy atom. The van der Waals surface area contributed by atoms with Crippen molar-refractivity contribution in [3.05, 3.63) is 42.1 Å². The summed E-state index contributed by atoms with van der Waals surface area (Å²) in [6, 6.07) is 8.06. The van der Waals surface area contributed by atoms with Gasteiger partial charge in [-0.3, -0.25) is 4.79 Å². The van der Waals surface area contributed by atoms with E-state index in [1.807, 2.05) is 12.1 Å². The van der Waals surface area contributed by atoms with E-state index in [2.05, 4.69) is 10.5 Å². The second-order valence-corrected chi connectivity index (χ2v) is 4.37. The van der Waals surface area contributed by atoms with Crippen LogP contribution < -0.4 is 5.32 Å². The van der Waals surface area contributed by atoms with Crippen LogP contribution in [-0.2, 0) is 16.0 Å². The van der Waals surface area contributed by atoms with Crippen LogP contribution in [0.4, 0.5) is 0 Å². The summed E-state index contributed by atoms with van der Waals surface area (Å²) >= 11 is 0. The molecule has 6 nitrogen and oxygen atoms in total. The van der Waals surface area contributed by atoms with Crippen molar-refractivity contribution in [3.63, 3.8) is 0 Å². The highest BCUT2D eigenvalue weighted by molar-refractivity contribution is 5.82. The maximum Gasteiger partial charge on any atom is 0.326 e. The van der Waals surface area contributed by atoms with Gasteiger partial charge in [-0.15, -0.1) is 0 Å². The van der Waals surface area contributed by atoms with Gasteiger partial charge in [0.25, 0.3) is 0 Å². The van der Waals surface area contributed by atoms with Crippen molar-refractivity contribution < 1.29 is 19.2 Å². The molecule has 1 amide bonds. The van der Waals surface area contributed by atoms with E-state index in [4.69, 9.17) is 9.63 Å². The van der Waals surface area contributed by atoms with E-state index in [0.717, 1.165) is 11.1 Å². The van der Waals surface area contributed by atoms with Crippen LogP contribution in [0.1, 0.15) is 12.5 Å². The molecular weight excluding hydrogens is 260 g/mol. The molecule has 0 aliphatic rings. The van der Waals surface area contributed by atoms with E-state index < -0.39 is 12.0 Å². The molecule has 1 aromatic heterocycles. The van der Waals surface area contributed by atoms with Crippen molar-refractivity contribution in [1.82, 2.24) is 10.5 Å². The van der Waals surface area contributed by atoms with Crippen molar-refractivity contribution in [2.45, 2.75) is 19.4 Å². The van der Waals surface area contributed by atoms with E-state index in [-0.39, 0.29) is 12.3 Å². The minimum absolute atomic E-state index is 0.228. The normalized spacial score (nSPS) is 11.8. The first-order chi connectivity index (χ1) is 9.56. The van der Waals surface area contributed by atoms with Gasteiger partial charge in [0.15, 0.2) is 5.76 Å².